The molecule has 6 heteroatoms. The molecule has 1 aromatic rings. The molecule has 1 heterocycles. The molecular formula is C14H25BrN2O2S. The molecule has 116 valence electrons. The van der Waals surface area contributed by atoms with Gasteiger partial charge in [0.25, 0.3) is 0 Å². The lowest BCUT2D eigenvalue weighted by Crippen LogP contribution is -2.38. The van der Waals surface area contributed by atoms with Gasteiger partial charge >= 0.3 is 0 Å². The Morgan fingerprint density at radius 2 is 1.85 bits per heavy atom. The van der Waals surface area contributed by atoms with E-state index in [1.165, 1.54) is 4.88 Å². The van der Waals surface area contributed by atoms with Crippen LogP contribution in [0.3, 0.4) is 0 Å². The molecule has 20 heavy (non-hydrogen) atoms. The van der Waals surface area contributed by atoms with Crippen LogP contribution in [0.4, 0.5) is 0 Å². The number of nitrogens with zero attached hydrogens (tertiary/aromatic N) is 1. The molecule has 0 amide bonds. The zero-order valence-corrected chi connectivity index (χ0v) is 14.7. The lowest BCUT2D eigenvalue weighted by Gasteiger charge is -2.30. The van der Waals surface area contributed by atoms with Crippen molar-refractivity contribution in [1.29, 1.82) is 0 Å². The summed E-state index contributed by atoms with van der Waals surface area (Å²) in [5, 5.41) is 2.09. The highest BCUT2D eigenvalue weighted by Gasteiger charge is 2.22. The summed E-state index contributed by atoms with van der Waals surface area (Å²) < 4.78 is 12.1. The molecule has 0 aliphatic rings. The van der Waals surface area contributed by atoms with Crippen LogP contribution in [0.1, 0.15) is 24.8 Å². The van der Waals surface area contributed by atoms with Crippen molar-refractivity contribution in [2.75, 3.05) is 46.1 Å². The zero-order valence-electron chi connectivity index (χ0n) is 12.3. The van der Waals surface area contributed by atoms with Crippen molar-refractivity contribution < 1.29 is 9.47 Å². The Hall–Kier alpha value is 0.0200. The highest BCUT2D eigenvalue weighted by atomic mass is 79.9. The Bertz CT molecular complexity index is 353. The summed E-state index contributed by atoms with van der Waals surface area (Å²) in [6.07, 6.45) is 0. The number of halogens is 1. The first-order valence-electron chi connectivity index (χ1n) is 7.07. The summed E-state index contributed by atoms with van der Waals surface area (Å²) in [7, 11) is 0. The maximum atomic E-state index is 6.00. The molecule has 0 fully saturated rings. The number of hydrogen-bond donors (Lipinski definition) is 1. The van der Waals surface area contributed by atoms with E-state index in [2.05, 4.69) is 32.3 Å². The van der Waals surface area contributed by atoms with Crippen LogP contribution in [0.15, 0.2) is 15.9 Å². The molecule has 0 saturated carbocycles. The SMILES string of the molecule is CCOCCN(CCOCC)C(CN)c1sccc1Br. The molecule has 1 unspecified atom stereocenters. The van der Waals surface area contributed by atoms with Crippen molar-refractivity contribution in [3.05, 3.63) is 20.8 Å². The predicted octanol–water partition coefficient (Wildman–Crippen LogP) is 2.89. The Kier molecular flexibility index (Phi) is 9.67. The van der Waals surface area contributed by atoms with Gasteiger partial charge in [-0.05, 0) is 41.2 Å². The van der Waals surface area contributed by atoms with Crippen molar-refractivity contribution in [1.82, 2.24) is 4.90 Å². The monoisotopic (exact) mass is 364 g/mol. The van der Waals surface area contributed by atoms with Crippen LogP contribution in [-0.2, 0) is 9.47 Å². The first-order chi connectivity index (χ1) is 9.74. The minimum atomic E-state index is 0.213. The normalized spacial score (nSPS) is 13.1. The van der Waals surface area contributed by atoms with Gasteiger partial charge in [0, 0.05) is 42.2 Å². The van der Waals surface area contributed by atoms with Crippen LogP contribution in [0.2, 0.25) is 0 Å². The van der Waals surface area contributed by atoms with Gasteiger partial charge in [0.05, 0.1) is 19.3 Å². The molecule has 0 saturated heterocycles. The largest absolute Gasteiger partial charge is 0.380 e. The minimum absolute atomic E-state index is 0.213. The highest BCUT2D eigenvalue weighted by Crippen LogP contribution is 2.32. The van der Waals surface area contributed by atoms with Crippen LogP contribution < -0.4 is 5.73 Å². The minimum Gasteiger partial charge on any atom is -0.380 e. The van der Waals surface area contributed by atoms with E-state index in [9.17, 15) is 0 Å². The molecular weight excluding hydrogens is 340 g/mol. The van der Waals surface area contributed by atoms with E-state index in [4.69, 9.17) is 15.2 Å². The molecule has 4 nitrogen and oxygen atoms in total. The van der Waals surface area contributed by atoms with Crippen LogP contribution in [0.25, 0.3) is 0 Å². The smallest absolute Gasteiger partial charge is 0.0593 e. The van der Waals surface area contributed by atoms with Crippen LogP contribution in [0, 0.1) is 0 Å². The summed E-state index contributed by atoms with van der Waals surface area (Å²) >= 11 is 5.34. The highest BCUT2D eigenvalue weighted by molar-refractivity contribution is 9.10. The van der Waals surface area contributed by atoms with Crippen LogP contribution in [-0.4, -0.2) is 51.0 Å². The molecule has 1 atom stereocenters. The van der Waals surface area contributed by atoms with E-state index in [1.807, 2.05) is 13.8 Å². The van der Waals surface area contributed by atoms with E-state index in [1.54, 1.807) is 11.3 Å². The second kappa shape index (κ2) is 10.7. The van der Waals surface area contributed by atoms with Crippen LogP contribution in [0.5, 0.6) is 0 Å². The van der Waals surface area contributed by atoms with E-state index in [-0.39, 0.29) is 6.04 Å². The summed E-state index contributed by atoms with van der Waals surface area (Å²) in [4.78, 5) is 3.63. The zero-order chi connectivity index (χ0) is 14.8. The quantitative estimate of drug-likeness (QED) is 0.613. The van der Waals surface area contributed by atoms with Gasteiger partial charge < -0.3 is 15.2 Å². The molecule has 0 spiro atoms. The van der Waals surface area contributed by atoms with Gasteiger partial charge in [0.1, 0.15) is 0 Å². The van der Waals surface area contributed by atoms with Crippen molar-refractivity contribution in [3.63, 3.8) is 0 Å². The lowest BCUT2D eigenvalue weighted by molar-refractivity contribution is 0.0646. The third kappa shape index (κ3) is 5.79. The topological polar surface area (TPSA) is 47.7 Å². The summed E-state index contributed by atoms with van der Waals surface area (Å²) in [6, 6.07) is 2.29. The molecule has 2 N–H and O–H groups in total. The van der Waals surface area contributed by atoms with E-state index in [0.29, 0.717) is 6.54 Å². The maximum absolute atomic E-state index is 6.00. The third-order valence-electron chi connectivity index (χ3n) is 3.07. The van der Waals surface area contributed by atoms with Gasteiger partial charge in [0.15, 0.2) is 0 Å². The molecule has 0 bridgehead atoms. The number of hydrogen-bond acceptors (Lipinski definition) is 5. The van der Waals surface area contributed by atoms with E-state index in [0.717, 1.165) is 44.0 Å². The Morgan fingerprint density at radius 3 is 2.25 bits per heavy atom. The number of rotatable bonds is 11. The van der Waals surface area contributed by atoms with Gasteiger partial charge in [-0.1, -0.05) is 0 Å². The van der Waals surface area contributed by atoms with E-state index < -0.39 is 0 Å². The summed E-state index contributed by atoms with van der Waals surface area (Å²) in [5.41, 5.74) is 6.00. The first-order valence-corrected chi connectivity index (χ1v) is 8.74. The third-order valence-corrected chi connectivity index (χ3v) is 5.04. The molecule has 0 aromatic carbocycles. The van der Waals surface area contributed by atoms with Crippen molar-refractivity contribution in [3.8, 4) is 0 Å². The lowest BCUT2D eigenvalue weighted by atomic mass is 10.2. The first kappa shape index (κ1) is 18.1. The average Bonchev–Trinajstić information content (AvgIpc) is 2.86. The fourth-order valence-electron chi connectivity index (χ4n) is 2.04. The fraction of sp³-hybridized carbons (Fsp3) is 0.714. The number of thiophene rings is 1. The average molecular weight is 365 g/mol. The van der Waals surface area contributed by atoms with Gasteiger partial charge in [0.2, 0.25) is 0 Å². The van der Waals surface area contributed by atoms with Crippen LogP contribution >= 0.6 is 27.3 Å². The number of nitrogens with two attached hydrogens (primary N) is 1. The molecule has 0 aliphatic carbocycles. The van der Waals surface area contributed by atoms with E-state index >= 15 is 0 Å². The Morgan fingerprint density at radius 1 is 1.25 bits per heavy atom. The van der Waals surface area contributed by atoms with Gasteiger partial charge in [-0.25, -0.2) is 0 Å². The van der Waals surface area contributed by atoms with Gasteiger partial charge in [-0.2, -0.15) is 0 Å². The number of ether oxygens (including phenoxy) is 2. The molecule has 1 rings (SSSR count). The second-order valence-corrected chi connectivity index (χ2v) is 6.12. The molecule has 1 aromatic heterocycles. The van der Waals surface area contributed by atoms with Gasteiger partial charge in [-0.3, -0.25) is 4.90 Å². The fourth-order valence-corrected chi connectivity index (χ4v) is 3.83. The van der Waals surface area contributed by atoms with Crippen molar-refractivity contribution >= 4 is 27.3 Å². The molecule has 0 aliphatic heterocycles. The van der Waals surface area contributed by atoms with Gasteiger partial charge in [-0.15, -0.1) is 11.3 Å². The van der Waals surface area contributed by atoms with Crippen molar-refractivity contribution in [2.45, 2.75) is 19.9 Å². The summed E-state index contributed by atoms with van der Waals surface area (Å²) in [6.45, 7) is 9.30. The predicted molar refractivity (Wildman–Crippen MR) is 88.4 cm³/mol. The van der Waals surface area contributed by atoms with Crippen molar-refractivity contribution in [2.24, 2.45) is 5.73 Å². The second-order valence-electron chi connectivity index (χ2n) is 4.31. The maximum Gasteiger partial charge on any atom is 0.0593 e. The Labute approximate surface area is 134 Å². The standard InChI is InChI=1S/C14H25BrN2O2S/c1-3-18-8-6-17(7-9-19-4-2)13(11-16)14-12(15)5-10-20-14/h5,10,13H,3-4,6-9,11,16H2,1-2H3. The Balaban J connectivity index is 2.68. The molecule has 0 radical (unpaired) electrons. The summed E-state index contributed by atoms with van der Waals surface area (Å²) in [5.74, 6) is 0.